The van der Waals surface area contributed by atoms with Gasteiger partial charge in [-0.05, 0) is 44.3 Å². The van der Waals surface area contributed by atoms with Crippen molar-refractivity contribution in [3.8, 4) is 5.75 Å². The number of ether oxygens (including phenoxy) is 1. The third kappa shape index (κ3) is 8.56. The topological polar surface area (TPSA) is 124 Å². The lowest BCUT2D eigenvalue weighted by atomic mass is 10.1. The fourth-order valence-corrected chi connectivity index (χ4v) is 4.60. The monoisotopic (exact) mass is 600 g/mol. The minimum Gasteiger partial charge on any atom is -0.494 e. The molecule has 1 unspecified atom stereocenters. The molecular formula is C28H37ClN8O3S. The molecule has 1 amide bonds. The Bertz CT molecular complexity index is 1420. The number of hydrogen-bond acceptors (Lipinski definition) is 9. The van der Waals surface area contributed by atoms with E-state index in [1.165, 1.54) is 12.3 Å². The highest BCUT2D eigenvalue weighted by Crippen LogP contribution is 2.38. The Morgan fingerprint density at radius 3 is 2.54 bits per heavy atom. The zero-order valence-corrected chi connectivity index (χ0v) is 25.7. The first-order chi connectivity index (χ1) is 19.6. The quantitative estimate of drug-likeness (QED) is 0.189. The number of rotatable bonds is 14. The summed E-state index contributed by atoms with van der Waals surface area (Å²) in [5.74, 6) is 0.768. The van der Waals surface area contributed by atoms with E-state index in [1.807, 2.05) is 57.2 Å². The van der Waals surface area contributed by atoms with Crippen LogP contribution in [0.4, 0.5) is 40.2 Å². The van der Waals surface area contributed by atoms with Gasteiger partial charge < -0.3 is 35.2 Å². The van der Waals surface area contributed by atoms with E-state index >= 15 is 0 Å². The minimum absolute atomic E-state index is 0.241. The van der Waals surface area contributed by atoms with E-state index < -0.39 is 11.0 Å². The smallest absolute Gasteiger partial charge is 0.247 e. The van der Waals surface area contributed by atoms with Gasteiger partial charge in [-0.15, -0.1) is 0 Å². The van der Waals surface area contributed by atoms with Crippen molar-refractivity contribution in [3.63, 3.8) is 0 Å². The van der Waals surface area contributed by atoms with Crippen molar-refractivity contribution >= 4 is 68.7 Å². The number of anilines is 7. The van der Waals surface area contributed by atoms with Crippen LogP contribution in [0, 0.1) is 0 Å². The van der Waals surface area contributed by atoms with Crippen molar-refractivity contribution in [1.82, 2.24) is 14.9 Å². The van der Waals surface area contributed by atoms with Gasteiger partial charge in [0.05, 0.1) is 41.7 Å². The molecule has 1 atom stereocenters. The van der Waals surface area contributed by atoms with Crippen LogP contribution in [0.5, 0.6) is 5.75 Å². The molecule has 2 aromatic carbocycles. The van der Waals surface area contributed by atoms with E-state index in [0.717, 1.165) is 30.8 Å². The Labute approximate surface area is 248 Å². The van der Waals surface area contributed by atoms with Crippen molar-refractivity contribution < 1.29 is 13.7 Å². The molecule has 0 saturated carbocycles. The molecule has 0 fully saturated rings. The van der Waals surface area contributed by atoms with Crippen LogP contribution in [0.3, 0.4) is 0 Å². The summed E-state index contributed by atoms with van der Waals surface area (Å²) >= 11 is 6.46. The average molecular weight is 601 g/mol. The van der Waals surface area contributed by atoms with Crippen LogP contribution in [0.15, 0.2) is 49.2 Å². The van der Waals surface area contributed by atoms with Gasteiger partial charge in [-0.2, -0.15) is 4.98 Å². The molecule has 0 aliphatic carbocycles. The van der Waals surface area contributed by atoms with Gasteiger partial charge >= 0.3 is 0 Å². The van der Waals surface area contributed by atoms with Crippen LogP contribution in [-0.4, -0.2) is 72.6 Å². The molecule has 1 heterocycles. The minimum atomic E-state index is -1.28. The van der Waals surface area contributed by atoms with Gasteiger partial charge in [0, 0.05) is 32.5 Å². The fraction of sp³-hybridized carbons (Fsp3) is 0.321. The lowest BCUT2D eigenvalue weighted by Crippen LogP contribution is -2.29. The van der Waals surface area contributed by atoms with Gasteiger partial charge in [0.1, 0.15) is 21.8 Å². The van der Waals surface area contributed by atoms with Crippen LogP contribution in [0.25, 0.3) is 0 Å². The average Bonchev–Trinajstić information content (AvgIpc) is 2.94. The van der Waals surface area contributed by atoms with Gasteiger partial charge in [-0.3, -0.25) is 4.79 Å². The number of halogens is 1. The SMILES string of the molecule is C=CC(=O)Nc1cc(Nc2ncc(Cl)c(Nc3cccc(CC)c3NS(C)=O)n2)c(OC)cc1N(C)CCN(C)C. The maximum atomic E-state index is 12.3. The predicted octanol–water partition coefficient (Wildman–Crippen LogP) is 5.02. The third-order valence-electron chi connectivity index (χ3n) is 6.08. The number of nitrogens with one attached hydrogen (secondary N) is 4. The Morgan fingerprint density at radius 2 is 1.90 bits per heavy atom. The number of carbonyl (C=O) groups excluding carboxylic acids is 1. The molecular weight excluding hydrogens is 564 g/mol. The highest BCUT2D eigenvalue weighted by molar-refractivity contribution is 7.85. The molecule has 13 heteroatoms. The van der Waals surface area contributed by atoms with Crippen molar-refractivity contribution in [2.45, 2.75) is 13.3 Å². The molecule has 41 heavy (non-hydrogen) atoms. The standard InChI is InChI=1S/C28H37ClN8O3S/c1-8-18-11-10-12-20(26(18)35-41(7)39)32-27-19(29)17-30-28(34-27)33-22-15-21(31-25(38)9-2)23(16-24(22)40-6)37(5)14-13-36(3)4/h9-12,15-17,35H,2,8,13-14H2,1,3-7H3,(H,31,38)(H2,30,32,33,34). The number of aromatic nitrogens is 2. The maximum absolute atomic E-state index is 12.3. The Kier molecular flexibility index (Phi) is 11.3. The number of amides is 1. The lowest BCUT2D eigenvalue weighted by Gasteiger charge is -2.26. The van der Waals surface area contributed by atoms with E-state index in [1.54, 1.807) is 19.4 Å². The van der Waals surface area contributed by atoms with E-state index in [-0.39, 0.29) is 11.9 Å². The van der Waals surface area contributed by atoms with Gasteiger partial charge in [0.15, 0.2) is 5.82 Å². The Hall–Kier alpha value is -3.87. The second-order valence-electron chi connectivity index (χ2n) is 9.38. The van der Waals surface area contributed by atoms with Crippen molar-refractivity contribution in [2.24, 2.45) is 0 Å². The summed E-state index contributed by atoms with van der Waals surface area (Å²) in [6.07, 6.45) is 5.00. The highest BCUT2D eigenvalue weighted by Gasteiger charge is 2.18. The van der Waals surface area contributed by atoms with E-state index in [4.69, 9.17) is 16.3 Å². The molecule has 11 nitrogen and oxygen atoms in total. The number of likely N-dealkylation sites (N-methyl/N-ethyl adjacent to an activating group) is 2. The van der Waals surface area contributed by atoms with Crippen molar-refractivity contribution in [2.75, 3.05) is 73.2 Å². The second-order valence-corrected chi connectivity index (χ2v) is 10.9. The molecule has 220 valence electrons. The zero-order valence-electron chi connectivity index (χ0n) is 24.2. The van der Waals surface area contributed by atoms with Crippen LogP contribution in [0.1, 0.15) is 12.5 Å². The summed E-state index contributed by atoms with van der Waals surface area (Å²) in [7, 11) is 6.23. The third-order valence-corrected chi connectivity index (χ3v) is 6.84. The summed E-state index contributed by atoms with van der Waals surface area (Å²) < 4.78 is 20.7. The summed E-state index contributed by atoms with van der Waals surface area (Å²) in [4.78, 5) is 25.3. The molecule has 0 radical (unpaired) electrons. The maximum Gasteiger partial charge on any atom is 0.247 e. The molecule has 0 aliphatic heterocycles. The first-order valence-electron chi connectivity index (χ1n) is 12.9. The Balaban J connectivity index is 1.99. The van der Waals surface area contributed by atoms with Crippen molar-refractivity contribution in [3.05, 3.63) is 59.8 Å². The molecule has 0 bridgehead atoms. The Morgan fingerprint density at radius 1 is 1.15 bits per heavy atom. The van der Waals surface area contributed by atoms with Gasteiger partial charge in [-0.1, -0.05) is 37.2 Å². The number of carbonyl (C=O) groups is 1. The number of nitrogens with zero attached hydrogens (tertiary/aromatic N) is 4. The first kappa shape index (κ1) is 31.7. The van der Waals surface area contributed by atoms with Crippen LogP contribution in [-0.2, 0) is 22.2 Å². The predicted molar refractivity (Wildman–Crippen MR) is 171 cm³/mol. The van der Waals surface area contributed by atoms with Crippen molar-refractivity contribution in [1.29, 1.82) is 0 Å². The molecule has 1 aromatic heterocycles. The molecule has 0 aliphatic rings. The normalized spacial score (nSPS) is 11.5. The summed E-state index contributed by atoms with van der Waals surface area (Å²) in [5, 5.41) is 9.59. The van der Waals surface area contributed by atoms with Crippen LogP contribution < -0.4 is 30.3 Å². The lowest BCUT2D eigenvalue weighted by molar-refractivity contribution is -0.111. The number of aryl methyl sites for hydroxylation is 1. The molecule has 3 aromatic rings. The molecule has 0 saturated heterocycles. The number of benzene rings is 2. The number of methoxy groups -OCH3 is 1. The highest BCUT2D eigenvalue weighted by atomic mass is 35.5. The summed E-state index contributed by atoms with van der Waals surface area (Å²) in [6, 6.07) is 9.32. The fourth-order valence-electron chi connectivity index (χ4n) is 3.93. The van der Waals surface area contributed by atoms with Gasteiger partial charge in [-0.25, -0.2) is 9.19 Å². The number of para-hydroxylation sites is 1. The first-order valence-corrected chi connectivity index (χ1v) is 14.8. The largest absolute Gasteiger partial charge is 0.494 e. The van der Waals surface area contributed by atoms with Crippen LogP contribution in [0.2, 0.25) is 5.02 Å². The zero-order chi connectivity index (χ0) is 30.1. The van der Waals surface area contributed by atoms with Gasteiger partial charge in [0.2, 0.25) is 11.9 Å². The second kappa shape index (κ2) is 14.7. The molecule has 3 rings (SSSR count). The van der Waals surface area contributed by atoms with Crippen LogP contribution >= 0.6 is 11.6 Å². The number of hydrogen-bond donors (Lipinski definition) is 4. The summed E-state index contributed by atoms with van der Waals surface area (Å²) in [5.41, 5.74) is 4.23. The van der Waals surface area contributed by atoms with E-state index in [9.17, 15) is 9.00 Å². The molecule has 4 N–H and O–H groups in total. The van der Waals surface area contributed by atoms with E-state index in [0.29, 0.717) is 39.3 Å². The van der Waals surface area contributed by atoms with E-state index in [2.05, 4.69) is 42.1 Å². The van der Waals surface area contributed by atoms with Gasteiger partial charge in [0.25, 0.3) is 0 Å². The summed E-state index contributed by atoms with van der Waals surface area (Å²) in [6.45, 7) is 7.12. The molecule has 0 spiro atoms.